The van der Waals surface area contributed by atoms with Crippen molar-refractivity contribution in [1.29, 1.82) is 0 Å². The van der Waals surface area contributed by atoms with Crippen molar-refractivity contribution in [3.8, 4) is 0 Å². The van der Waals surface area contributed by atoms with Crippen molar-refractivity contribution in [1.82, 2.24) is 0 Å². The van der Waals surface area contributed by atoms with Gasteiger partial charge in [0.1, 0.15) is 0 Å². The summed E-state index contributed by atoms with van der Waals surface area (Å²) in [6.45, 7) is 0.544. The largest absolute Gasteiger partial charge is 0.272 e. The number of sulfone groups is 1. The summed E-state index contributed by atoms with van der Waals surface area (Å²) >= 11 is 0. The van der Waals surface area contributed by atoms with Crippen LogP contribution in [0.4, 0.5) is 8.78 Å². The standard InChI is InChI=1S/C6H7F2NO3S/c1-5(7,8)6(9-4-10)2-13(11,12)3-6/h2-3H2,1H3. The molecule has 4 nitrogen and oxygen atoms in total. The van der Waals surface area contributed by atoms with E-state index in [1.807, 2.05) is 0 Å². The predicted octanol–water partition coefficient (Wildman–Crippen LogP) is 0.145. The minimum Gasteiger partial charge on any atom is -0.229 e. The van der Waals surface area contributed by atoms with Crippen molar-refractivity contribution < 1.29 is 22.0 Å². The third-order valence-electron chi connectivity index (χ3n) is 1.99. The van der Waals surface area contributed by atoms with E-state index in [0.717, 1.165) is 6.08 Å². The Morgan fingerprint density at radius 3 is 2.15 bits per heavy atom. The molecule has 74 valence electrons. The van der Waals surface area contributed by atoms with Crippen LogP contribution in [0.1, 0.15) is 6.92 Å². The first-order chi connectivity index (χ1) is 5.72. The second-order valence-electron chi connectivity index (χ2n) is 3.16. The van der Waals surface area contributed by atoms with E-state index in [4.69, 9.17) is 0 Å². The number of hydrogen-bond donors (Lipinski definition) is 0. The zero-order chi connectivity index (χ0) is 10.3. The minimum absolute atomic E-state index is 0.544. The molecule has 7 heteroatoms. The quantitative estimate of drug-likeness (QED) is 0.482. The summed E-state index contributed by atoms with van der Waals surface area (Å²) in [5, 5.41) is 0. The van der Waals surface area contributed by atoms with Gasteiger partial charge in [-0.05, 0) is 0 Å². The van der Waals surface area contributed by atoms with E-state index in [2.05, 4.69) is 4.99 Å². The van der Waals surface area contributed by atoms with Crippen LogP contribution in [0.15, 0.2) is 4.99 Å². The first-order valence-electron chi connectivity index (χ1n) is 3.40. The Labute approximate surface area is 73.6 Å². The lowest BCUT2D eigenvalue weighted by Gasteiger charge is -2.39. The number of carbonyl (C=O) groups excluding carboxylic acids is 1. The Hall–Kier alpha value is -0.810. The van der Waals surface area contributed by atoms with Gasteiger partial charge in [0.15, 0.2) is 15.4 Å². The Bertz CT molecular complexity index is 352. The maximum atomic E-state index is 12.8. The molecule has 0 N–H and O–H groups in total. The molecule has 0 unspecified atom stereocenters. The summed E-state index contributed by atoms with van der Waals surface area (Å²) in [5.74, 6) is -4.87. The number of isocyanates is 1. The van der Waals surface area contributed by atoms with Crippen molar-refractivity contribution in [3.05, 3.63) is 0 Å². The van der Waals surface area contributed by atoms with Gasteiger partial charge in [-0.25, -0.2) is 22.0 Å². The van der Waals surface area contributed by atoms with Crippen LogP contribution in [0.5, 0.6) is 0 Å². The summed E-state index contributed by atoms with van der Waals surface area (Å²) in [5.41, 5.74) is -2.08. The Kier molecular flexibility index (Phi) is 2.04. The summed E-state index contributed by atoms with van der Waals surface area (Å²) in [4.78, 5) is 12.7. The van der Waals surface area contributed by atoms with Crippen LogP contribution < -0.4 is 0 Å². The highest BCUT2D eigenvalue weighted by Crippen LogP contribution is 2.40. The summed E-state index contributed by atoms with van der Waals surface area (Å²) in [7, 11) is -3.45. The van der Waals surface area contributed by atoms with Crippen LogP contribution in [0.2, 0.25) is 0 Å². The highest BCUT2D eigenvalue weighted by molar-refractivity contribution is 7.93. The highest BCUT2D eigenvalue weighted by atomic mass is 32.2. The Morgan fingerprint density at radius 1 is 1.46 bits per heavy atom. The molecule has 13 heavy (non-hydrogen) atoms. The molecule has 0 aromatic heterocycles. The van der Waals surface area contributed by atoms with Crippen molar-refractivity contribution >= 4 is 15.9 Å². The molecule has 0 aromatic carbocycles. The zero-order valence-corrected chi connectivity index (χ0v) is 7.57. The van der Waals surface area contributed by atoms with Crippen LogP contribution in [-0.4, -0.2) is 37.5 Å². The average molecular weight is 211 g/mol. The lowest BCUT2D eigenvalue weighted by molar-refractivity contribution is -0.0433. The molecule has 1 fully saturated rings. The maximum Gasteiger partial charge on any atom is 0.272 e. The van der Waals surface area contributed by atoms with E-state index >= 15 is 0 Å². The van der Waals surface area contributed by atoms with Crippen molar-refractivity contribution in [2.75, 3.05) is 11.5 Å². The molecule has 0 aromatic rings. The van der Waals surface area contributed by atoms with Gasteiger partial charge in [-0.2, -0.15) is 4.99 Å². The SMILES string of the molecule is CC(F)(F)C1(N=C=O)CS(=O)(=O)C1. The predicted molar refractivity (Wildman–Crippen MR) is 40.1 cm³/mol. The number of nitrogens with zero attached hydrogens (tertiary/aromatic N) is 1. The molecule has 0 radical (unpaired) electrons. The number of alkyl halides is 2. The van der Waals surface area contributed by atoms with Gasteiger partial charge in [-0.1, -0.05) is 0 Å². The highest BCUT2D eigenvalue weighted by Gasteiger charge is 2.62. The van der Waals surface area contributed by atoms with Gasteiger partial charge in [0.2, 0.25) is 6.08 Å². The van der Waals surface area contributed by atoms with Gasteiger partial charge in [-0.3, -0.25) is 0 Å². The minimum atomic E-state index is -3.45. The van der Waals surface area contributed by atoms with Crippen LogP contribution in [0.25, 0.3) is 0 Å². The fourth-order valence-corrected chi connectivity index (χ4v) is 3.20. The van der Waals surface area contributed by atoms with Gasteiger partial charge in [-0.15, -0.1) is 0 Å². The monoisotopic (exact) mass is 211 g/mol. The van der Waals surface area contributed by atoms with Gasteiger partial charge < -0.3 is 0 Å². The Morgan fingerprint density at radius 2 is 1.92 bits per heavy atom. The van der Waals surface area contributed by atoms with Crippen LogP contribution in [-0.2, 0) is 14.6 Å². The first kappa shape index (κ1) is 10.3. The fraction of sp³-hybridized carbons (Fsp3) is 0.833. The zero-order valence-electron chi connectivity index (χ0n) is 6.75. The number of hydrogen-bond acceptors (Lipinski definition) is 4. The van der Waals surface area contributed by atoms with E-state index in [1.165, 1.54) is 0 Å². The van der Waals surface area contributed by atoms with Crippen LogP contribution >= 0.6 is 0 Å². The molecule has 0 atom stereocenters. The average Bonchev–Trinajstić information content (AvgIpc) is 1.80. The molecular weight excluding hydrogens is 204 g/mol. The third kappa shape index (κ3) is 1.62. The molecule has 0 bridgehead atoms. The summed E-state index contributed by atoms with van der Waals surface area (Å²) in [6.07, 6.45) is 0.985. The topological polar surface area (TPSA) is 63.6 Å². The van der Waals surface area contributed by atoms with Gasteiger partial charge in [0.05, 0.1) is 11.5 Å². The maximum absolute atomic E-state index is 12.8. The molecule has 1 aliphatic heterocycles. The summed E-state index contributed by atoms with van der Waals surface area (Å²) < 4.78 is 47.0. The summed E-state index contributed by atoms with van der Waals surface area (Å²) in [6, 6.07) is 0. The fourth-order valence-electron chi connectivity index (χ4n) is 1.19. The molecule has 0 saturated carbocycles. The van der Waals surface area contributed by atoms with Crippen LogP contribution in [0, 0.1) is 0 Å². The third-order valence-corrected chi connectivity index (χ3v) is 3.83. The molecule has 1 saturated heterocycles. The van der Waals surface area contributed by atoms with E-state index in [9.17, 15) is 22.0 Å². The molecule has 0 amide bonds. The van der Waals surface area contributed by atoms with Gasteiger partial charge >= 0.3 is 0 Å². The lowest BCUT2D eigenvalue weighted by Crippen LogP contribution is -2.63. The number of rotatable bonds is 2. The van der Waals surface area contributed by atoms with E-state index in [0.29, 0.717) is 6.92 Å². The van der Waals surface area contributed by atoms with Crippen LogP contribution in [0.3, 0.4) is 0 Å². The van der Waals surface area contributed by atoms with E-state index in [-0.39, 0.29) is 0 Å². The lowest BCUT2D eigenvalue weighted by atomic mass is 9.97. The molecule has 0 aliphatic carbocycles. The second-order valence-corrected chi connectivity index (χ2v) is 5.22. The van der Waals surface area contributed by atoms with Crippen molar-refractivity contribution in [2.24, 2.45) is 4.99 Å². The van der Waals surface area contributed by atoms with Gasteiger partial charge in [0, 0.05) is 6.92 Å². The molecule has 1 heterocycles. The van der Waals surface area contributed by atoms with E-state index in [1.54, 1.807) is 0 Å². The normalized spacial score (nSPS) is 24.2. The molecule has 0 spiro atoms. The Balaban J connectivity index is 3.03. The smallest absolute Gasteiger partial charge is 0.229 e. The number of halogens is 2. The molecule has 1 aliphatic rings. The van der Waals surface area contributed by atoms with E-state index < -0.39 is 32.8 Å². The van der Waals surface area contributed by atoms with Gasteiger partial charge in [0.25, 0.3) is 5.92 Å². The second kappa shape index (κ2) is 2.59. The first-order valence-corrected chi connectivity index (χ1v) is 5.22. The van der Waals surface area contributed by atoms with Crippen molar-refractivity contribution in [3.63, 3.8) is 0 Å². The number of aliphatic imine (C=N–C) groups is 1. The molecule has 1 rings (SSSR count). The molecular formula is C6H7F2NO3S. The van der Waals surface area contributed by atoms with Crippen molar-refractivity contribution in [2.45, 2.75) is 18.4 Å².